The molecule has 1 aromatic heterocycles. The van der Waals surface area contributed by atoms with E-state index in [1.165, 1.54) is 30.6 Å². The lowest BCUT2D eigenvalue weighted by Gasteiger charge is -2.08. The number of benzene rings is 1. The van der Waals surface area contributed by atoms with Gasteiger partial charge in [0.25, 0.3) is 5.91 Å². The quantitative estimate of drug-likeness (QED) is 0.877. The average molecular weight is 292 g/mol. The molecule has 2 rings (SSSR count). The molecule has 0 bridgehead atoms. The fourth-order valence-corrected chi connectivity index (χ4v) is 1.49. The van der Waals surface area contributed by atoms with Crippen LogP contribution in [0.4, 0.5) is 14.5 Å². The van der Waals surface area contributed by atoms with E-state index < -0.39 is 35.8 Å². The molecule has 7 heteroatoms. The normalized spacial score (nSPS) is 10.0. The molecule has 1 aromatic carbocycles. The Morgan fingerprint density at radius 3 is 2.48 bits per heavy atom. The molecule has 0 aliphatic heterocycles. The summed E-state index contributed by atoms with van der Waals surface area (Å²) < 4.78 is 31.3. The van der Waals surface area contributed by atoms with E-state index in [0.717, 1.165) is 12.1 Å². The maximum absolute atomic E-state index is 13.3. The Bertz CT molecular complexity index is 642. The number of anilines is 1. The summed E-state index contributed by atoms with van der Waals surface area (Å²) in [5, 5.41) is 2.00. The van der Waals surface area contributed by atoms with Crippen molar-refractivity contribution in [3.05, 3.63) is 59.9 Å². The van der Waals surface area contributed by atoms with Crippen LogP contribution in [-0.4, -0.2) is 23.5 Å². The molecule has 1 N–H and O–H groups in total. The van der Waals surface area contributed by atoms with Crippen LogP contribution in [0.3, 0.4) is 0 Å². The maximum atomic E-state index is 13.3. The van der Waals surface area contributed by atoms with Gasteiger partial charge in [0.2, 0.25) is 0 Å². The number of esters is 1. The molecule has 21 heavy (non-hydrogen) atoms. The van der Waals surface area contributed by atoms with Crippen LogP contribution in [0.15, 0.2) is 42.7 Å². The molecule has 0 radical (unpaired) electrons. The van der Waals surface area contributed by atoms with Crippen molar-refractivity contribution in [2.45, 2.75) is 0 Å². The molecule has 0 aliphatic rings. The second-order valence-electron chi connectivity index (χ2n) is 3.96. The summed E-state index contributed by atoms with van der Waals surface area (Å²) in [5.74, 6) is -3.44. The molecule has 0 aliphatic carbocycles. The van der Waals surface area contributed by atoms with Gasteiger partial charge in [0.15, 0.2) is 6.61 Å². The molecule has 0 saturated carbocycles. The topological polar surface area (TPSA) is 68.3 Å². The van der Waals surface area contributed by atoms with Crippen LogP contribution in [0.1, 0.15) is 10.4 Å². The van der Waals surface area contributed by atoms with Crippen molar-refractivity contribution in [2.75, 3.05) is 11.9 Å². The first-order chi connectivity index (χ1) is 10.1. The molecule has 108 valence electrons. The number of carbonyl (C=O) groups is 2. The minimum absolute atomic E-state index is 0.169. The molecule has 0 unspecified atom stereocenters. The SMILES string of the molecule is O=C(COC(=O)c1cccnc1)Nc1c(F)cccc1F. The summed E-state index contributed by atoms with van der Waals surface area (Å²) in [4.78, 5) is 26.8. The van der Waals surface area contributed by atoms with Gasteiger partial charge in [-0.3, -0.25) is 9.78 Å². The van der Waals surface area contributed by atoms with E-state index in [4.69, 9.17) is 4.74 Å². The predicted molar refractivity (Wildman–Crippen MR) is 69.5 cm³/mol. The third-order valence-corrected chi connectivity index (χ3v) is 2.46. The highest BCUT2D eigenvalue weighted by atomic mass is 19.1. The first kappa shape index (κ1) is 14.6. The Morgan fingerprint density at radius 2 is 1.86 bits per heavy atom. The predicted octanol–water partition coefficient (Wildman–Crippen LogP) is 2.16. The van der Waals surface area contributed by atoms with Gasteiger partial charge < -0.3 is 10.1 Å². The Kier molecular flexibility index (Phi) is 4.55. The molecular weight excluding hydrogens is 282 g/mol. The van der Waals surface area contributed by atoms with Crippen molar-refractivity contribution in [1.29, 1.82) is 0 Å². The number of rotatable bonds is 4. The van der Waals surface area contributed by atoms with Gasteiger partial charge in [-0.15, -0.1) is 0 Å². The Balaban J connectivity index is 1.92. The molecule has 5 nitrogen and oxygen atoms in total. The number of amides is 1. The van der Waals surface area contributed by atoms with Crippen LogP contribution in [0.5, 0.6) is 0 Å². The lowest BCUT2D eigenvalue weighted by atomic mass is 10.3. The summed E-state index contributed by atoms with van der Waals surface area (Å²) >= 11 is 0. The average Bonchev–Trinajstić information content (AvgIpc) is 2.49. The van der Waals surface area contributed by atoms with E-state index in [1.807, 2.05) is 5.32 Å². The zero-order valence-electron chi connectivity index (χ0n) is 10.7. The smallest absolute Gasteiger partial charge is 0.340 e. The molecule has 2 aromatic rings. The minimum Gasteiger partial charge on any atom is -0.452 e. The Hall–Kier alpha value is -2.83. The van der Waals surface area contributed by atoms with Gasteiger partial charge in [0, 0.05) is 12.4 Å². The highest BCUT2D eigenvalue weighted by Crippen LogP contribution is 2.17. The molecule has 0 saturated heterocycles. The fourth-order valence-electron chi connectivity index (χ4n) is 1.49. The monoisotopic (exact) mass is 292 g/mol. The van der Waals surface area contributed by atoms with Crippen LogP contribution in [0, 0.1) is 11.6 Å². The third kappa shape index (κ3) is 3.82. The largest absolute Gasteiger partial charge is 0.452 e. The second-order valence-corrected chi connectivity index (χ2v) is 3.96. The number of nitrogens with zero attached hydrogens (tertiary/aromatic N) is 1. The lowest BCUT2D eigenvalue weighted by molar-refractivity contribution is -0.119. The van der Waals surface area contributed by atoms with Gasteiger partial charge in [0.1, 0.15) is 17.3 Å². The zero-order chi connectivity index (χ0) is 15.2. The van der Waals surface area contributed by atoms with Crippen molar-refractivity contribution in [1.82, 2.24) is 4.98 Å². The molecule has 0 atom stereocenters. The fraction of sp³-hybridized carbons (Fsp3) is 0.0714. The van der Waals surface area contributed by atoms with E-state index in [9.17, 15) is 18.4 Å². The van der Waals surface area contributed by atoms with E-state index in [2.05, 4.69) is 4.98 Å². The summed E-state index contributed by atoms with van der Waals surface area (Å²) in [6, 6.07) is 6.17. The van der Waals surface area contributed by atoms with Gasteiger partial charge in [-0.25, -0.2) is 13.6 Å². The number of pyridine rings is 1. The van der Waals surface area contributed by atoms with Crippen molar-refractivity contribution >= 4 is 17.6 Å². The second kappa shape index (κ2) is 6.56. The van der Waals surface area contributed by atoms with Crippen molar-refractivity contribution in [3.8, 4) is 0 Å². The van der Waals surface area contributed by atoms with Crippen LogP contribution in [0.25, 0.3) is 0 Å². The standard InChI is InChI=1S/C14H10F2N2O3/c15-10-4-1-5-11(16)13(10)18-12(19)8-21-14(20)9-3-2-6-17-7-9/h1-7H,8H2,(H,18,19). The number of ether oxygens (including phenoxy) is 1. The highest BCUT2D eigenvalue weighted by Gasteiger charge is 2.14. The van der Waals surface area contributed by atoms with Crippen LogP contribution in [0.2, 0.25) is 0 Å². The molecular formula is C14H10F2N2O3. The first-order valence-corrected chi connectivity index (χ1v) is 5.89. The number of halogens is 2. The minimum atomic E-state index is -0.915. The number of hydrogen-bond acceptors (Lipinski definition) is 4. The summed E-state index contributed by atoms with van der Waals surface area (Å²) in [6.07, 6.45) is 2.75. The maximum Gasteiger partial charge on any atom is 0.340 e. The number of carbonyl (C=O) groups excluding carboxylic acids is 2. The molecule has 0 fully saturated rings. The van der Waals surface area contributed by atoms with Crippen LogP contribution < -0.4 is 5.32 Å². The van der Waals surface area contributed by atoms with Gasteiger partial charge in [-0.1, -0.05) is 6.07 Å². The van der Waals surface area contributed by atoms with Gasteiger partial charge in [0.05, 0.1) is 5.56 Å². The highest BCUT2D eigenvalue weighted by molar-refractivity contribution is 5.95. The van der Waals surface area contributed by atoms with Crippen LogP contribution in [-0.2, 0) is 9.53 Å². The lowest BCUT2D eigenvalue weighted by Crippen LogP contribution is -2.22. The number of nitrogens with one attached hydrogen (secondary N) is 1. The van der Waals surface area contributed by atoms with Gasteiger partial charge in [-0.2, -0.15) is 0 Å². The van der Waals surface area contributed by atoms with E-state index in [1.54, 1.807) is 0 Å². The van der Waals surface area contributed by atoms with Crippen molar-refractivity contribution < 1.29 is 23.1 Å². The molecule has 1 heterocycles. The van der Waals surface area contributed by atoms with Crippen molar-refractivity contribution in [3.63, 3.8) is 0 Å². The Morgan fingerprint density at radius 1 is 1.14 bits per heavy atom. The molecule has 0 spiro atoms. The van der Waals surface area contributed by atoms with E-state index in [0.29, 0.717) is 0 Å². The third-order valence-electron chi connectivity index (χ3n) is 2.46. The van der Waals surface area contributed by atoms with Gasteiger partial charge >= 0.3 is 5.97 Å². The van der Waals surface area contributed by atoms with Gasteiger partial charge in [-0.05, 0) is 24.3 Å². The summed E-state index contributed by atoms with van der Waals surface area (Å²) in [6.45, 7) is -0.665. The van der Waals surface area contributed by atoms with E-state index >= 15 is 0 Å². The van der Waals surface area contributed by atoms with E-state index in [-0.39, 0.29) is 5.56 Å². The number of aromatic nitrogens is 1. The number of para-hydroxylation sites is 1. The first-order valence-electron chi connectivity index (χ1n) is 5.89. The molecule has 1 amide bonds. The summed E-state index contributed by atoms with van der Waals surface area (Å²) in [7, 11) is 0. The zero-order valence-corrected chi connectivity index (χ0v) is 10.7. The summed E-state index contributed by atoms with van der Waals surface area (Å²) in [5.41, 5.74) is -0.415. The van der Waals surface area contributed by atoms with Crippen molar-refractivity contribution in [2.24, 2.45) is 0 Å². The number of hydrogen-bond donors (Lipinski definition) is 1. The van der Waals surface area contributed by atoms with Crippen LogP contribution >= 0.6 is 0 Å². The Labute approximate surface area is 118 Å².